The lowest BCUT2D eigenvalue weighted by atomic mass is 10.3. The molecule has 3 nitrogen and oxygen atoms in total. The second kappa shape index (κ2) is 9.96. The van der Waals surface area contributed by atoms with Crippen molar-refractivity contribution >= 4 is 0 Å². The number of hydroxylamine groups is 1. The zero-order chi connectivity index (χ0) is 9.94. The molecule has 1 unspecified atom stereocenters. The number of nitrogens with zero attached hydrogens (tertiary/aromatic N) is 1. The normalized spacial score (nSPS) is 13.2. The second-order valence-corrected chi connectivity index (χ2v) is 3.05. The van der Waals surface area contributed by atoms with Crippen molar-refractivity contribution in [3.8, 4) is 0 Å². The van der Waals surface area contributed by atoms with Crippen LogP contribution in [0, 0.1) is 0 Å². The molecule has 0 saturated heterocycles. The van der Waals surface area contributed by atoms with Gasteiger partial charge >= 0.3 is 0 Å². The number of rotatable bonds is 9. The van der Waals surface area contributed by atoms with Crippen molar-refractivity contribution in [2.75, 3.05) is 13.2 Å². The first-order chi connectivity index (χ1) is 6.35. The Balaban J connectivity index is 3.41. The molecule has 0 aliphatic carbocycles. The van der Waals surface area contributed by atoms with E-state index in [1.807, 2.05) is 0 Å². The van der Waals surface area contributed by atoms with Gasteiger partial charge in [0.15, 0.2) is 6.29 Å². The van der Waals surface area contributed by atoms with Crippen molar-refractivity contribution in [1.29, 1.82) is 0 Å². The SMILES string of the molecule is CCC[N]OC(CCC)OCCC. The Labute approximate surface area is 81.8 Å². The highest BCUT2D eigenvalue weighted by Gasteiger charge is 2.07. The Morgan fingerprint density at radius 3 is 2.38 bits per heavy atom. The summed E-state index contributed by atoms with van der Waals surface area (Å²) in [5.74, 6) is 0. The molecule has 1 atom stereocenters. The van der Waals surface area contributed by atoms with E-state index in [0.717, 1.165) is 38.8 Å². The average molecular weight is 188 g/mol. The van der Waals surface area contributed by atoms with Crippen molar-refractivity contribution in [1.82, 2.24) is 5.48 Å². The van der Waals surface area contributed by atoms with Crippen molar-refractivity contribution in [3.63, 3.8) is 0 Å². The third-order valence-electron chi connectivity index (χ3n) is 1.54. The maximum atomic E-state index is 5.46. The lowest BCUT2D eigenvalue weighted by Crippen LogP contribution is -2.22. The minimum absolute atomic E-state index is 0.128. The highest BCUT2D eigenvalue weighted by Crippen LogP contribution is 2.03. The Bertz CT molecular complexity index is 98.9. The summed E-state index contributed by atoms with van der Waals surface area (Å²) < 4.78 is 5.46. The van der Waals surface area contributed by atoms with Crippen LogP contribution in [-0.4, -0.2) is 19.4 Å². The Morgan fingerprint density at radius 1 is 1.08 bits per heavy atom. The molecule has 0 N–H and O–H groups in total. The molecule has 0 bridgehead atoms. The van der Waals surface area contributed by atoms with Gasteiger partial charge in [0.1, 0.15) is 0 Å². The van der Waals surface area contributed by atoms with Crippen molar-refractivity contribution < 1.29 is 9.57 Å². The molecule has 0 aromatic rings. The van der Waals surface area contributed by atoms with E-state index < -0.39 is 0 Å². The van der Waals surface area contributed by atoms with Crippen LogP contribution in [0.5, 0.6) is 0 Å². The van der Waals surface area contributed by atoms with Crippen molar-refractivity contribution in [3.05, 3.63) is 0 Å². The van der Waals surface area contributed by atoms with Crippen LogP contribution in [0.1, 0.15) is 46.5 Å². The van der Waals surface area contributed by atoms with E-state index in [1.165, 1.54) is 0 Å². The molecule has 0 saturated carbocycles. The Kier molecular flexibility index (Phi) is 9.87. The molecule has 0 fully saturated rings. The minimum atomic E-state index is -0.128. The number of hydrogen-bond donors (Lipinski definition) is 0. The molecule has 0 aliphatic heterocycles. The van der Waals surface area contributed by atoms with Crippen molar-refractivity contribution in [2.24, 2.45) is 0 Å². The number of ether oxygens (including phenoxy) is 1. The van der Waals surface area contributed by atoms with Gasteiger partial charge in [0, 0.05) is 13.2 Å². The molecular weight excluding hydrogens is 166 g/mol. The molecule has 13 heavy (non-hydrogen) atoms. The lowest BCUT2D eigenvalue weighted by molar-refractivity contribution is -0.186. The van der Waals surface area contributed by atoms with Crippen molar-refractivity contribution in [2.45, 2.75) is 52.7 Å². The average Bonchev–Trinajstić information content (AvgIpc) is 2.14. The third kappa shape index (κ3) is 8.22. The second-order valence-electron chi connectivity index (χ2n) is 3.05. The van der Waals surface area contributed by atoms with Gasteiger partial charge in [0.2, 0.25) is 0 Å². The van der Waals surface area contributed by atoms with Gasteiger partial charge in [0.25, 0.3) is 0 Å². The van der Waals surface area contributed by atoms with Gasteiger partial charge in [-0.15, -0.1) is 0 Å². The van der Waals surface area contributed by atoms with E-state index >= 15 is 0 Å². The molecule has 0 aliphatic rings. The molecule has 79 valence electrons. The first-order valence-corrected chi connectivity index (χ1v) is 5.29. The summed E-state index contributed by atoms with van der Waals surface area (Å²) in [5, 5.41) is 0. The van der Waals surface area contributed by atoms with E-state index in [9.17, 15) is 0 Å². The fourth-order valence-electron chi connectivity index (χ4n) is 0.879. The quantitative estimate of drug-likeness (QED) is 0.316. The maximum Gasteiger partial charge on any atom is 0.179 e. The standard InChI is InChI=1S/C10H22NO2/c1-4-7-10(12-9-6-3)13-11-8-5-2/h10H,4-9H2,1-3H3. The summed E-state index contributed by atoms with van der Waals surface area (Å²) in [4.78, 5) is 5.23. The highest BCUT2D eigenvalue weighted by molar-refractivity contribution is 4.42. The highest BCUT2D eigenvalue weighted by atomic mass is 16.8. The maximum absolute atomic E-state index is 5.46. The lowest BCUT2D eigenvalue weighted by Gasteiger charge is -2.15. The fourth-order valence-corrected chi connectivity index (χ4v) is 0.879. The minimum Gasteiger partial charge on any atom is -0.351 e. The molecule has 1 radical (unpaired) electrons. The van der Waals surface area contributed by atoms with Gasteiger partial charge in [-0.3, -0.25) is 4.84 Å². The summed E-state index contributed by atoms with van der Waals surface area (Å²) >= 11 is 0. The van der Waals surface area contributed by atoms with E-state index in [2.05, 4.69) is 26.3 Å². The Morgan fingerprint density at radius 2 is 1.85 bits per heavy atom. The monoisotopic (exact) mass is 188 g/mol. The predicted molar refractivity (Wildman–Crippen MR) is 53.3 cm³/mol. The van der Waals surface area contributed by atoms with E-state index in [1.54, 1.807) is 0 Å². The summed E-state index contributed by atoms with van der Waals surface area (Å²) in [6.07, 6.45) is 3.91. The van der Waals surface area contributed by atoms with Crippen LogP contribution in [-0.2, 0) is 9.57 Å². The van der Waals surface area contributed by atoms with Gasteiger partial charge in [-0.2, -0.15) is 0 Å². The van der Waals surface area contributed by atoms with Crippen LogP contribution in [0.15, 0.2) is 0 Å². The zero-order valence-electron chi connectivity index (χ0n) is 9.08. The first-order valence-electron chi connectivity index (χ1n) is 5.29. The molecule has 0 rings (SSSR count). The van der Waals surface area contributed by atoms with Gasteiger partial charge in [-0.25, -0.2) is 0 Å². The van der Waals surface area contributed by atoms with Gasteiger partial charge < -0.3 is 4.74 Å². The van der Waals surface area contributed by atoms with Gasteiger partial charge in [-0.1, -0.05) is 32.7 Å². The van der Waals surface area contributed by atoms with E-state index in [0.29, 0.717) is 0 Å². The predicted octanol–water partition coefficient (Wildman–Crippen LogP) is 2.49. The summed E-state index contributed by atoms with van der Waals surface area (Å²) in [6, 6.07) is 0. The van der Waals surface area contributed by atoms with Gasteiger partial charge in [0.05, 0.1) is 0 Å². The largest absolute Gasteiger partial charge is 0.351 e. The third-order valence-corrected chi connectivity index (χ3v) is 1.54. The van der Waals surface area contributed by atoms with Crippen LogP contribution in [0.2, 0.25) is 0 Å². The van der Waals surface area contributed by atoms with Crippen LogP contribution in [0.25, 0.3) is 0 Å². The molecule has 0 amide bonds. The van der Waals surface area contributed by atoms with Crippen LogP contribution in [0.3, 0.4) is 0 Å². The summed E-state index contributed by atoms with van der Waals surface area (Å²) in [6.45, 7) is 7.80. The van der Waals surface area contributed by atoms with Crippen LogP contribution in [0.4, 0.5) is 0 Å². The smallest absolute Gasteiger partial charge is 0.179 e. The Hall–Kier alpha value is -0.120. The van der Waals surface area contributed by atoms with Gasteiger partial charge in [-0.05, 0) is 19.3 Å². The first kappa shape index (κ1) is 12.9. The molecule has 0 aromatic carbocycles. The molecule has 0 spiro atoms. The number of hydrogen-bond acceptors (Lipinski definition) is 2. The molecule has 3 heteroatoms. The van der Waals surface area contributed by atoms with Crippen LogP contribution >= 0.6 is 0 Å². The summed E-state index contributed by atoms with van der Waals surface area (Å²) in [7, 11) is 0. The van der Waals surface area contributed by atoms with Crippen LogP contribution < -0.4 is 5.48 Å². The van der Waals surface area contributed by atoms with E-state index in [4.69, 9.17) is 9.57 Å². The zero-order valence-corrected chi connectivity index (χ0v) is 9.08. The molecule has 0 heterocycles. The fraction of sp³-hybridized carbons (Fsp3) is 1.00. The summed E-state index contributed by atoms with van der Waals surface area (Å²) in [5.41, 5.74) is 3.94. The topological polar surface area (TPSA) is 32.6 Å². The van der Waals surface area contributed by atoms with E-state index in [-0.39, 0.29) is 6.29 Å². The molecule has 0 aromatic heterocycles. The molecular formula is C10H22NO2.